The predicted molar refractivity (Wildman–Crippen MR) is 82.2 cm³/mol. The molecule has 4 nitrogen and oxygen atoms in total. The number of pyridine rings is 1. The minimum atomic E-state index is 0.0147. The molecule has 0 aromatic carbocycles. The summed E-state index contributed by atoms with van der Waals surface area (Å²) < 4.78 is 10.9. The van der Waals surface area contributed by atoms with E-state index < -0.39 is 0 Å². The molecule has 0 aliphatic heterocycles. The molecule has 0 saturated carbocycles. The monoisotopic (exact) mass is 280 g/mol. The fraction of sp³-hybridized carbons (Fsp3) is 0.688. The molecule has 0 aliphatic rings. The summed E-state index contributed by atoms with van der Waals surface area (Å²) in [7, 11) is 1.68. The van der Waals surface area contributed by atoms with E-state index >= 15 is 0 Å². The van der Waals surface area contributed by atoms with E-state index in [-0.39, 0.29) is 6.10 Å². The van der Waals surface area contributed by atoms with E-state index in [1.54, 1.807) is 7.11 Å². The number of methoxy groups -OCH3 is 1. The third-order valence-electron chi connectivity index (χ3n) is 2.90. The molecule has 0 amide bonds. The summed E-state index contributed by atoms with van der Waals surface area (Å²) in [5.41, 5.74) is 2.33. The fourth-order valence-corrected chi connectivity index (χ4v) is 2.05. The Kier molecular flexibility index (Phi) is 8.23. The number of nitrogens with one attached hydrogen (secondary N) is 1. The summed E-state index contributed by atoms with van der Waals surface area (Å²) >= 11 is 0. The molecule has 1 aromatic heterocycles. The van der Waals surface area contributed by atoms with Crippen molar-refractivity contribution in [1.29, 1.82) is 0 Å². The van der Waals surface area contributed by atoms with Crippen LogP contribution in [0.1, 0.15) is 44.9 Å². The molecule has 4 heteroatoms. The van der Waals surface area contributed by atoms with Crippen LogP contribution >= 0.6 is 0 Å². The molecular weight excluding hydrogens is 252 g/mol. The lowest BCUT2D eigenvalue weighted by Gasteiger charge is -2.15. The molecule has 1 heterocycles. The average molecular weight is 280 g/mol. The van der Waals surface area contributed by atoms with Crippen molar-refractivity contribution >= 4 is 0 Å². The lowest BCUT2D eigenvalue weighted by Crippen LogP contribution is -2.19. The van der Waals surface area contributed by atoms with Crippen LogP contribution in [0.5, 0.6) is 5.88 Å². The summed E-state index contributed by atoms with van der Waals surface area (Å²) in [6.45, 7) is 8.79. The maximum absolute atomic E-state index is 5.82. The van der Waals surface area contributed by atoms with Gasteiger partial charge in [-0.2, -0.15) is 0 Å². The molecule has 0 aliphatic carbocycles. The van der Waals surface area contributed by atoms with Gasteiger partial charge in [-0.3, -0.25) is 0 Å². The molecule has 0 spiro atoms. The number of ether oxygens (including phenoxy) is 2. The van der Waals surface area contributed by atoms with Crippen molar-refractivity contribution in [2.75, 3.05) is 20.3 Å². The minimum absolute atomic E-state index is 0.0147. The van der Waals surface area contributed by atoms with Gasteiger partial charge in [0.15, 0.2) is 0 Å². The standard InChI is InChI=1S/C16H28N2O2/c1-5-7-15-9-14(11-17-8-6-2)10-16(18-15)20-13(3)12-19-4/h9-10,13,17H,5-8,11-12H2,1-4H3. The molecular formula is C16H28N2O2. The molecule has 1 rings (SSSR count). The second kappa shape index (κ2) is 9.72. The number of hydrogen-bond acceptors (Lipinski definition) is 4. The Morgan fingerprint density at radius 2 is 2.05 bits per heavy atom. The third-order valence-corrected chi connectivity index (χ3v) is 2.90. The van der Waals surface area contributed by atoms with Gasteiger partial charge >= 0.3 is 0 Å². The van der Waals surface area contributed by atoms with Gasteiger partial charge in [-0.25, -0.2) is 4.98 Å². The first kappa shape index (κ1) is 16.9. The molecule has 0 radical (unpaired) electrons. The Balaban J connectivity index is 2.75. The molecule has 20 heavy (non-hydrogen) atoms. The Labute approximate surface area is 122 Å². The second-order valence-corrected chi connectivity index (χ2v) is 5.12. The normalized spacial score (nSPS) is 12.4. The van der Waals surface area contributed by atoms with E-state index in [2.05, 4.69) is 30.2 Å². The Bertz CT molecular complexity index is 383. The zero-order valence-electron chi connectivity index (χ0n) is 13.2. The molecule has 0 saturated heterocycles. The molecule has 1 N–H and O–H groups in total. The first-order valence-electron chi connectivity index (χ1n) is 7.55. The zero-order chi connectivity index (χ0) is 14.8. The number of hydrogen-bond donors (Lipinski definition) is 1. The lowest BCUT2D eigenvalue weighted by molar-refractivity contribution is 0.0887. The first-order chi connectivity index (χ1) is 9.69. The van der Waals surface area contributed by atoms with E-state index in [9.17, 15) is 0 Å². The van der Waals surface area contributed by atoms with Gasteiger partial charge in [-0.1, -0.05) is 20.3 Å². The van der Waals surface area contributed by atoms with Crippen LogP contribution in [-0.2, 0) is 17.7 Å². The second-order valence-electron chi connectivity index (χ2n) is 5.12. The molecule has 1 aromatic rings. The van der Waals surface area contributed by atoms with E-state index in [1.807, 2.05) is 13.0 Å². The first-order valence-corrected chi connectivity index (χ1v) is 7.55. The highest BCUT2D eigenvalue weighted by molar-refractivity contribution is 5.25. The minimum Gasteiger partial charge on any atom is -0.472 e. The van der Waals surface area contributed by atoms with Crippen molar-refractivity contribution in [2.45, 2.75) is 52.7 Å². The summed E-state index contributed by atoms with van der Waals surface area (Å²) in [4.78, 5) is 4.57. The number of rotatable bonds is 10. The van der Waals surface area contributed by atoms with Crippen LogP contribution in [0.3, 0.4) is 0 Å². The van der Waals surface area contributed by atoms with Gasteiger partial charge in [0, 0.05) is 25.4 Å². The van der Waals surface area contributed by atoms with Crippen molar-refractivity contribution in [2.24, 2.45) is 0 Å². The largest absolute Gasteiger partial charge is 0.472 e. The van der Waals surface area contributed by atoms with Gasteiger partial charge in [0.25, 0.3) is 0 Å². The molecule has 114 valence electrons. The predicted octanol–water partition coefficient (Wildman–Crippen LogP) is 2.95. The van der Waals surface area contributed by atoms with Crippen LogP contribution in [-0.4, -0.2) is 31.3 Å². The zero-order valence-corrected chi connectivity index (χ0v) is 13.2. The lowest BCUT2D eigenvalue weighted by atomic mass is 10.1. The number of aromatic nitrogens is 1. The van der Waals surface area contributed by atoms with Crippen molar-refractivity contribution in [3.8, 4) is 5.88 Å². The summed E-state index contributed by atoms with van der Waals surface area (Å²) in [6.07, 6.45) is 3.23. The maximum atomic E-state index is 5.82. The average Bonchev–Trinajstić information content (AvgIpc) is 2.39. The number of aryl methyl sites for hydroxylation is 1. The highest BCUT2D eigenvalue weighted by Gasteiger charge is 2.08. The molecule has 0 fully saturated rings. The van der Waals surface area contributed by atoms with Crippen molar-refractivity contribution in [1.82, 2.24) is 10.3 Å². The Morgan fingerprint density at radius 1 is 1.25 bits per heavy atom. The maximum Gasteiger partial charge on any atom is 0.214 e. The van der Waals surface area contributed by atoms with E-state index in [0.717, 1.165) is 38.0 Å². The van der Waals surface area contributed by atoms with Gasteiger partial charge in [0.05, 0.1) is 6.61 Å². The van der Waals surface area contributed by atoms with Crippen LogP contribution in [0.2, 0.25) is 0 Å². The number of nitrogens with zero attached hydrogens (tertiary/aromatic N) is 1. The molecule has 1 atom stereocenters. The van der Waals surface area contributed by atoms with E-state index in [4.69, 9.17) is 9.47 Å². The molecule has 0 bridgehead atoms. The fourth-order valence-electron chi connectivity index (χ4n) is 2.05. The van der Waals surface area contributed by atoms with Gasteiger partial charge in [0.2, 0.25) is 5.88 Å². The smallest absolute Gasteiger partial charge is 0.214 e. The van der Waals surface area contributed by atoms with Crippen molar-refractivity contribution in [3.63, 3.8) is 0 Å². The van der Waals surface area contributed by atoms with Gasteiger partial charge in [-0.05, 0) is 37.9 Å². The van der Waals surface area contributed by atoms with E-state index in [1.165, 1.54) is 5.56 Å². The SMILES string of the molecule is CCCNCc1cc(CCC)nc(OC(C)COC)c1. The van der Waals surface area contributed by atoms with Gasteiger partial charge in [-0.15, -0.1) is 0 Å². The highest BCUT2D eigenvalue weighted by Crippen LogP contribution is 2.15. The van der Waals surface area contributed by atoms with E-state index in [0.29, 0.717) is 12.5 Å². The van der Waals surface area contributed by atoms with Crippen molar-refractivity contribution in [3.05, 3.63) is 23.4 Å². The topological polar surface area (TPSA) is 43.4 Å². The summed E-state index contributed by atoms with van der Waals surface area (Å²) in [5.74, 6) is 0.703. The Morgan fingerprint density at radius 3 is 2.70 bits per heavy atom. The molecule has 1 unspecified atom stereocenters. The van der Waals surface area contributed by atoms with Crippen LogP contribution in [0.25, 0.3) is 0 Å². The highest BCUT2D eigenvalue weighted by atomic mass is 16.5. The quantitative estimate of drug-likeness (QED) is 0.669. The van der Waals surface area contributed by atoms with Crippen LogP contribution in [0, 0.1) is 0 Å². The Hall–Kier alpha value is -1.13. The van der Waals surface area contributed by atoms with Crippen LogP contribution in [0.15, 0.2) is 12.1 Å². The van der Waals surface area contributed by atoms with Crippen LogP contribution < -0.4 is 10.1 Å². The van der Waals surface area contributed by atoms with Gasteiger partial charge in [0.1, 0.15) is 6.10 Å². The van der Waals surface area contributed by atoms with Crippen LogP contribution in [0.4, 0.5) is 0 Å². The third kappa shape index (κ3) is 6.35. The van der Waals surface area contributed by atoms with Gasteiger partial charge < -0.3 is 14.8 Å². The van der Waals surface area contributed by atoms with Crippen molar-refractivity contribution < 1.29 is 9.47 Å². The summed E-state index contributed by atoms with van der Waals surface area (Å²) in [5, 5.41) is 3.42. The summed E-state index contributed by atoms with van der Waals surface area (Å²) in [6, 6.07) is 4.19.